The Kier molecular flexibility index (Phi) is 7.68. The molecule has 0 unspecified atom stereocenters. The summed E-state index contributed by atoms with van der Waals surface area (Å²) in [5, 5.41) is 10.8. The first-order valence-electron chi connectivity index (χ1n) is 11.6. The number of hydrogen-bond acceptors (Lipinski definition) is 8. The van der Waals surface area contributed by atoms with E-state index in [0.717, 1.165) is 33.5 Å². The van der Waals surface area contributed by atoms with Crippen molar-refractivity contribution in [3.63, 3.8) is 0 Å². The number of carbonyl (C=O) groups excluding carboxylic acids is 2. The summed E-state index contributed by atoms with van der Waals surface area (Å²) in [6.45, 7) is 6.42. The normalized spacial score (nSPS) is 14.6. The second kappa shape index (κ2) is 10.9. The minimum Gasteiger partial charge on any atom is -0.496 e. The molecule has 0 radical (unpaired) electrons. The van der Waals surface area contributed by atoms with E-state index in [1.54, 1.807) is 12.1 Å². The molecule has 1 aromatic heterocycles. The molecular formula is C27H26N2O7S. The Morgan fingerprint density at radius 3 is 2.59 bits per heavy atom. The zero-order valence-corrected chi connectivity index (χ0v) is 21.7. The molecule has 0 bridgehead atoms. The molecule has 1 aliphatic heterocycles. The number of amides is 2. The second-order valence-corrected chi connectivity index (χ2v) is 9.71. The van der Waals surface area contributed by atoms with Crippen LogP contribution in [0.4, 0.5) is 10.5 Å². The second-order valence-electron chi connectivity index (χ2n) is 8.72. The van der Waals surface area contributed by atoms with Gasteiger partial charge in [0.1, 0.15) is 29.6 Å². The topological polar surface area (TPSA) is 112 Å². The lowest BCUT2D eigenvalue weighted by atomic mass is 10.0. The van der Waals surface area contributed by atoms with E-state index in [9.17, 15) is 19.7 Å². The molecule has 37 heavy (non-hydrogen) atoms. The number of nitro benzene ring substituents is 1. The van der Waals surface area contributed by atoms with Crippen LogP contribution in [-0.4, -0.2) is 41.2 Å². The number of carbonyl (C=O) groups is 2. The summed E-state index contributed by atoms with van der Waals surface area (Å²) >= 11 is 0.821. The van der Waals surface area contributed by atoms with Crippen LogP contribution in [0.3, 0.4) is 0 Å². The minimum absolute atomic E-state index is 0.108. The summed E-state index contributed by atoms with van der Waals surface area (Å²) in [5.74, 6) is 1.65. The van der Waals surface area contributed by atoms with E-state index in [-0.39, 0.29) is 34.9 Å². The van der Waals surface area contributed by atoms with Gasteiger partial charge in [-0.2, -0.15) is 0 Å². The maximum atomic E-state index is 12.9. The van der Waals surface area contributed by atoms with Gasteiger partial charge in [-0.1, -0.05) is 26.0 Å². The molecule has 2 aromatic carbocycles. The van der Waals surface area contributed by atoms with Gasteiger partial charge in [0, 0.05) is 18.2 Å². The summed E-state index contributed by atoms with van der Waals surface area (Å²) < 4.78 is 17.1. The predicted molar refractivity (Wildman–Crippen MR) is 141 cm³/mol. The largest absolute Gasteiger partial charge is 0.496 e. The van der Waals surface area contributed by atoms with E-state index in [0.29, 0.717) is 22.8 Å². The van der Waals surface area contributed by atoms with Gasteiger partial charge >= 0.3 is 0 Å². The van der Waals surface area contributed by atoms with Crippen molar-refractivity contribution in [2.24, 2.45) is 0 Å². The van der Waals surface area contributed by atoms with Crippen LogP contribution in [-0.2, 0) is 4.79 Å². The number of nitrogens with zero attached hydrogens (tertiary/aromatic N) is 2. The van der Waals surface area contributed by atoms with Crippen molar-refractivity contribution in [1.29, 1.82) is 0 Å². The van der Waals surface area contributed by atoms with Crippen molar-refractivity contribution in [1.82, 2.24) is 4.90 Å². The van der Waals surface area contributed by atoms with Crippen LogP contribution < -0.4 is 9.47 Å². The molecule has 0 spiro atoms. The molecule has 4 rings (SSSR count). The van der Waals surface area contributed by atoms with E-state index in [1.165, 1.54) is 31.4 Å². The molecule has 1 fully saturated rings. The standard InChI is InChI=1S/C27H26N2O7S/c1-16(2)20-8-5-17(3)13-24(20)35-12-11-28-26(30)25(37-27(28)31)15-19-7-10-23(36-19)21-14-18(29(32)33)6-9-22(21)34-4/h5-10,13-16H,11-12H2,1-4H3/b25-15-. The number of aryl methyl sites for hydroxylation is 1. The van der Waals surface area contributed by atoms with Gasteiger partial charge in [-0.05, 0) is 60.0 Å². The van der Waals surface area contributed by atoms with Gasteiger partial charge in [0.2, 0.25) is 0 Å². The summed E-state index contributed by atoms with van der Waals surface area (Å²) in [6, 6.07) is 13.4. The number of non-ortho nitro benzene ring substituents is 1. The van der Waals surface area contributed by atoms with Gasteiger partial charge in [-0.3, -0.25) is 24.6 Å². The highest BCUT2D eigenvalue weighted by Crippen LogP contribution is 2.37. The number of thioether (sulfide) groups is 1. The number of furan rings is 1. The first-order chi connectivity index (χ1) is 17.7. The van der Waals surface area contributed by atoms with Crippen LogP contribution in [0, 0.1) is 17.0 Å². The van der Waals surface area contributed by atoms with Crippen molar-refractivity contribution in [2.75, 3.05) is 20.3 Å². The van der Waals surface area contributed by atoms with Crippen LogP contribution in [0.25, 0.3) is 17.4 Å². The molecule has 9 nitrogen and oxygen atoms in total. The third-order valence-corrected chi connectivity index (χ3v) is 6.70. The van der Waals surface area contributed by atoms with Gasteiger partial charge in [0.25, 0.3) is 16.8 Å². The summed E-state index contributed by atoms with van der Waals surface area (Å²) in [5.41, 5.74) is 2.42. The van der Waals surface area contributed by atoms with Crippen molar-refractivity contribution in [3.05, 3.63) is 80.4 Å². The molecule has 0 atom stereocenters. The number of rotatable bonds is 9. The van der Waals surface area contributed by atoms with E-state index in [2.05, 4.69) is 13.8 Å². The Morgan fingerprint density at radius 2 is 1.89 bits per heavy atom. The van der Waals surface area contributed by atoms with Gasteiger partial charge in [0.15, 0.2) is 0 Å². The predicted octanol–water partition coefficient (Wildman–Crippen LogP) is 6.41. The Bertz CT molecular complexity index is 1390. The Labute approximate surface area is 218 Å². The monoisotopic (exact) mass is 522 g/mol. The number of ether oxygens (including phenoxy) is 2. The molecule has 0 saturated carbocycles. The van der Waals surface area contributed by atoms with Crippen molar-refractivity contribution >= 4 is 34.7 Å². The number of benzene rings is 2. The maximum absolute atomic E-state index is 12.9. The average Bonchev–Trinajstić information content (AvgIpc) is 3.43. The summed E-state index contributed by atoms with van der Waals surface area (Å²) in [4.78, 5) is 37.5. The molecule has 1 aliphatic rings. The fraction of sp³-hybridized carbons (Fsp3) is 0.259. The van der Waals surface area contributed by atoms with E-state index >= 15 is 0 Å². The molecule has 0 aliphatic carbocycles. The highest BCUT2D eigenvalue weighted by Gasteiger charge is 2.35. The van der Waals surface area contributed by atoms with Crippen LogP contribution >= 0.6 is 11.8 Å². The first kappa shape index (κ1) is 26.0. The van der Waals surface area contributed by atoms with E-state index < -0.39 is 10.8 Å². The maximum Gasteiger partial charge on any atom is 0.293 e. The third kappa shape index (κ3) is 5.69. The molecule has 2 amide bonds. The molecule has 2 heterocycles. The lowest BCUT2D eigenvalue weighted by Crippen LogP contribution is -2.32. The fourth-order valence-electron chi connectivity index (χ4n) is 3.89. The molecule has 192 valence electrons. The SMILES string of the molecule is COc1ccc([N+](=O)[O-])cc1-c1ccc(/C=C2\SC(=O)N(CCOc3cc(C)ccc3C(C)C)C2=O)o1. The zero-order chi connectivity index (χ0) is 26.7. The Hall–Kier alpha value is -4.05. The molecule has 3 aromatic rings. The van der Waals surface area contributed by atoms with Crippen LogP contribution in [0.5, 0.6) is 11.5 Å². The van der Waals surface area contributed by atoms with Crippen LogP contribution in [0.1, 0.15) is 36.7 Å². The van der Waals surface area contributed by atoms with Crippen LogP contribution in [0.15, 0.2) is 57.9 Å². The lowest BCUT2D eigenvalue weighted by molar-refractivity contribution is -0.384. The van der Waals surface area contributed by atoms with E-state index in [1.807, 2.05) is 25.1 Å². The zero-order valence-electron chi connectivity index (χ0n) is 20.8. The quantitative estimate of drug-likeness (QED) is 0.180. The fourth-order valence-corrected chi connectivity index (χ4v) is 4.73. The molecular weight excluding hydrogens is 496 g/mol. The summed E-state index contributed by atoms with van der Waals surface area (Å²) in [7, 11) is 1.46. The highest BCUT2D eigenvalue weighted by molar-refractivity contribution is 8.18. The van der Waals surface area contributed by atoms with Gasteiger partial charge < -0.3 is 13.9 Å². The number of hydrogen-bond donors (Lipinski definition) is 0. The number of nitro groups is 1. The van der Waals surface area contributed by atoms with Crippen molar-refractivity contribution in [3.8, 4) is 22.8 Å². The van der Waals surface area contributed by atoms with Crippen LogP contribution in [0.2, 0.25) is 0 Å². The first-order valence-corrected chi connectivity index (χ1v) is 12.4. The Balaban J connectivity index is 1.47. The van der Waals surface area contributed by atoms with Gasteiger partial charge in [0.05, 0.1) is 29.0 Å². The molecule has 0 N–H and O–H groups in total. The summed E-state index contributed by atoms with van der Waals surface area (Å²) in [6.07, 6.45) is 1.48. The number of imide groups is 1. The Morgan fingerprint density at radius 1 is 1.11 bits per heavy atom. The molecule has 10 heteroatoms. The van der Waals surface area contributed by atoms with E-state index in [4.69, 9.17) is 13.9 Å². The highest BCUT2D eigenvalue weighted by atomic mass is 32.2. The van der Waals surface area contributed by atoms with Gasteiger partial charge in [-0.15, -0.1) is 0 Å². The minimum atomic E-state index is -0.505. The van der Waals surface area contributed by atoms with Crippen molar-refractivity contribution < 1.29 is 28.4 Å². The third-order valence-electron chi connectivity index (χ3n) is 5.80. The number of methoxy groups -OCH3 is 1. The smallest absolute Gasteiger partial charge is 0.293 e. The molecule has 1 saturated heterocycles. The lowest BCUT2D eigenvalue weighted by Gasteiger charge is -2.17. The average molecular weight is 523 g/mol. The van der Waals surface area contributed by atoms with Crippen molar-refractivity contribution in [2.45, 2.75) is 26.7 Å². The van der Waals surface area contributed by atoms with Gasteiger partial charge in [-0.25, -0.2) is 0 Å².